The summed E-state index contributed by atoms with van der Waals surface area (Å²) in [6.07, 6.45) is 0. The fourth-order valence-corrected chi connectivity index (χ4v) is 2.40. The van der Waals surface area contributed by atoms with Crippen molar-refractivity contribution in [3.63, 3.8) is 0 Å². The van der Waals surface area contributed by atoms with Crippen LogP contribution < -0.4 is 15.4 Å². The molecular weight excluding hydrogens is 339 g/mol. The third kappa shape index (κ3) is 4.50. The quantitative estimate of drug-likeness (QED) is 0.772. The Hall–Kier alpha value is -1.49. The van der Waals surface area contributed by atoms with E-state index in [-0.39, 0.29) is 0 Å². The molecule has 0 amide bonds. The molecule has 0 heterocycles. The molecule has 6 heteroatoms. The molecule has 0 aliphatic heterocycles. The van der Waals surface area contributed by atoms with E-state index in [9.17, 15) is 0 Å². The van der Waals surface area contributed by atoms with Crippen LogP contribution in [0.15, 0.2) is 36.4 Å². The minimum absolute atomic E-state index is 0.533. The van der Waals surface area contributed by atoms with Gasteiger partial charge in [-0.25, -0.2) is 0 Å². The Morgan fingerprint density at radius 2 is 1.91 bits per heavy atom. The predicted octanol–water partition coefficient (Wildman–Crippen LogP) is 4.80. The Labute approximate surface area is 145 Å². The number of thiocarbonyl (C=S) groups is 1. The number of anilines is 1. The zero-order valence-corrected chi connectivity index (χ0v) is 14.6. The molecule has 3 nitrogen and oxygen atoms in total. The van der Waals surface area contributed by atoms with Crippen LogP contribution in [0.4, 0.5) is 5.69 Å². The van der Waals surface area contributed by atoms with E-state index >= 15 is 0 Å². The molecule has 0 spiro atoms. The van der Waals surface area contributed by atoms with Gasteiger partial charge in [0.15, 0.2) is 5.11 Å². The summed E-state index contributed by atoms with van der Waals surface area (Å²) in [5, 5.41) is 7.92. The van der Waals surface area contributed by atoms with E-state index in [4.69, 9.17) is 40.2 Å². The number of hydrogen-bond donors (Lipinski definition) is 2. The lowest BCUT2D eigenvalue weighted by Gasteiger charge is -2.13. The molecule has 0 saturated carbocycles. The van der Waals surface area contributed by atoms with E-state index in [0.29, 0.717) is 21.7 Å². The van der Waals surface area contributed by atoms with Gasteiger partial charge in [-0.2, -0.15) is 0 Å². The molecule has 0 aliphatic rings. The third-order valence-electron chi connectivity index (χ3n) is 3.12. The van der Waals surface area contributed by atoms with Crippen LogP contribution in [-0.2, 0) is 6.54 Å². The zero-order valence-electron chi connectivity index (χ0n) is 12.2. The lowest BCUT2D eigenvalue weighted by Crippen LogP contribution is -2.28. The summed E-state index contributed by atoms with van der Waals surface area (Å²) in [5.41, 5.74) is 3.00. The van der Waals surface area contributed by atoms with Crippen molar-refractivity contribution in [1.29, 1.82) is 0 Å². The molecule has 0 saturated heterocycles. The van der Waals surface area contributed by atoms with Crippen LogP contribution in [0, 0.1) is 6.92 Å². The summed E-state index contributed by atoms with van der Waals surface area (Å²) in [6, 6.07) is 11.3. The number of benzene rings is 2. The highest BCUT2D eigenvalue weighted by atomic mass is 35.5. The van der Waals surface area contributed by atoms with Gasteiger partial charge in [-0.3, -0.25) is 0 Å². The van der Waals surface area contributed by atoms with E-state index in [1.165, 1.54) is 0 Å². The van der Waals surface area contributed by atoms with Gasteiger partial charge in [-0.05, 0) is 60.6 Å². The smallest absolute Gasteiger partial charge is 0.171 e. The molecule has 2 rings (SSSR count). The minimum atomic E-state index is 0.533. The first-order chi connectivity index (χ1) is 10.5. The average molecular weight is 355 g/mol. The number of hydrogen-bond acceptors (Lipinski definition) is 2. The van der Waals surface area contributed by atoms with E-state index in [1.807, 2.05) is 37.3 Å². The zero-order chi connectivity index (χ0) is 16.1. The summed E-state index contributed by atoms with van der Waals surface area (Å²) in [5.74, 6) is 0.817. The fourth-order valence-electron chi connectivity index (χ4n) is 1.90. The summed E-state index contributed by atoms with van der Waals surface area (Å²) >= 11 is 17.2. The van der Waals surface area contributed by atoms with E-state index in [2.05, 4.69) is 10.6 Å². The van der Waals surface area contributed by atoms with Crippen LogP contribution >= 0.6 is 35.4 Å². The fraction of sp³-hybridized carbons (Fsp3) is 0.188. The number of ether oxygens (including phenoxy) is 1. The summed E-state index contributed by atoms with van der Waals surface area (Å²) < 4.78 is 5.18. The van der Waals surface area contributed by atoms with Crippen molar-refractivity contribution < 1.29 is 4.74 Å². The Balaban J connectivity index is 1.94. The van der Waals surface area contributed by atoms with Gasteiger partial charge in [0.2, 0.25) is 0 Å². The van der Waals surface area contributed by atoms with Crippen molar-refractivity contribution in [2.45, 2.75) is 13.5 Å². The Bertz CT molecular complexity index is 692. The topological polar surface area (TPSA) is 33.3 Å². The van der Waals surface area contributed by atoms with Crippen molar-refractivity contribution in [3.8, 4) is 5.75 Å². The molecule has 0 aliphatic carbocycles. The molecule has 116 valence electrons. The molecule has 22 heavy (non-hydrogen) atoms. The number of halogens is 2. The first-order valence-corrected chi connectivity index (χ1v) is 7.79. The van der Waals surface area contributed by atoms with Crippen LogP contribution in [0.1, 0.15) is 11.1 Å². The minimum Gasteiger partial charge on any atom is -0.497 e. The van der Waals surface area contributed by atoms with E-state index < -0.39 is 0 Å². The number of rotatable bonds is 4. The molecule has 0 unspecified atom stereocenters. The molecule has 2 N–H and O–H groups in total. The number of nitrogens with one attached hydrogen (secondary N) is 2. The third-order valence-corrected chi connectivity index (χ3v) is 4.10. The number of aryl methyl sites for hydroxylation is 1. The van der Waals surface area contributed by atoms with Gasteiger partial charge in [0.1, 0.15) is 5.75 Å². The maximum absolute atomic E-state index is 5.99. The highest BCUT2D eigenvalue weighted by molar-refractivity contribution is 7.80. The lowest BCUT2D eigenvalue weighted by atomic mass is 10.2. The maximum atomic E-state index is 5.99. The van der Waals surface area contributed by atoms with Crippen molar-refractivity contribution in [2.24, 2.45) is 0 Å². The monoisotopic (exact) mass is 354 g/mol. The van der Waals surface area contributed by atoms with Gasteiger partial charge in [0.25, 0.3) is 0 Å². The van der Waals surface area contributed by atoms with Gasteiger partial charge >= 0.3 is 0 Å². The normalized spacial score (nSPS) is 10.2. The summed E-state index contributed by atoms with van der Waals surface area (Å²) in [4.78, 5) is 0. The van der Waals surface area contributed by atoms with Gasteiger partial charge in [-0.1, -0.05) is 29.3 Å². The van der Waals surface area contributed by atoms with Crippen LogP contribution in [0.3, 0.4) is 0 Å². The van der Waals surface area contributed by atoms with E-state index in [0.717, 1.165) is 22.6 Å². The van der Waals surface area contributed by atoms with Gasteiger partial charge < -0.3 is 15.4 Å². The predicted molar refractivity (Wildman–Crippen MR) is 97.3 cm³/mol. The standard InChI is InChI=1S/C16H16Cl2N2OS/c1-10-7-12(21-2)4-6-15(10)20-16(22)19-9-11-3-5-13(17)14(18)8-11/h3-8H,9H2,1-2H3,(H2,19,20,22). The van der Waals surface area contributed by atoms with Crippen LogP contribution in [0.2, 0.25) is 10.0 Å². The van der Waals surface area contributed by atoms with Gasteiger partial charge in [0, 0.05) is 12.2 Å². The van der Waals surface area contributed by atoms with Crippen molar-refractivity contribution >= 4 is 46.2 Å². The SMILES string of the molecule is COc1ccc(NC(=S)NCc2ccc(Cl)c(Cl)c2)c(C)c1. The highest BCUT2D eigenvalue weighted by Crippen LogP contribution is 2.23. The Morgan fingerprint density at radius 3 is 2.55 bits per heavy atom. The van der Waals surface area contributed by atoms with Gasteiger partial charge in [0.05, 0.1) is 17.2 Å². The van der Waals surface area contributed by atoms with E-state index in [1.54, 1.807) is 13.2 Å². The molecule has 0 radical (unpaired) electrons. The molecule has 0 atom stereocenters. The second-order valence-electron chi connectivity index (χ2n) is 4.74. The first-order valence-electron chi connectivity index (χ1n) is 6.63. The first kappa shape index (κ1) is 16.9. The summed E-state index contributed by atoms with van der Waals surface area (Å²) in [7, 11) is 1.64. The Kier molecular flexibility index (Phi) is 5.89. The second-order valence-corrected chi connectivity index (χ2v) is 5.96. The lowest BCUT2D eigenvalue weighted by molar-refractivity contribution is 0.414. The van der Waals surface area contributed by atoms with Crippen molar-refractivity contribution in [1.82, 2.24) is 5.32 Å². The molecule has 0 aromatic heterocycles. The Morgan fingerprint density at radius 1 is 1.14 bits per heavy atom. The molecule has 2 aromatic rings. The van der Waals surface area contributed by atoms with Crippen molar-refractivity contribution in [3.05, 3.63) is 57.6 Å². The van der Waals surface area contributed by atoms with Crippen LogP contribution in [0.5, 0.6) is 5.75 Å². The maximum Gasteiger partial charge on any atom is 0.171 e. The largest absolute Gasteiger partial charge is 0.497 e. The molecular formula is C16H16Cl2N2OS. The van der Waals surface area contributed by atoms with Crippen LogP contribution in [0.25, 0.3) is 0 Å². The molecule has 2 aromatic carbocycles. The second kappa shape index (κ2) is 7.68. The van der Waals surface area contributed by atoms with Gasteiger partial charge in [-0.15, -0.1) is 0 Å². The highest BCUT2D eigenvalue weighted by Gasteiger charge is 2.04. The summed E-state index contributed by atoms with van der Waals surface area (Å²) in [6.45, 7) is 2.56. The average Bonchev–Trinajstić information content (AvgIpc) is 2.50. The number of methoxy groups -OCH3 is 1. The van der Waals surface area contributed by atoms with Crippen molar-refractivity contribution in [2.75, 3.05) is 12.4 Å². The molecule has 0 fully saturated rings. The van der Waals surface area contributed by atoms with Crippen LogP contribution in [-0.4, -0.2) is 12.2 Å². The molecule has 0 bridgehead atoms.